The lowest BCUT2D eigenvalue weighted by molar-refractivity contribution is -0.155. The number of halogens is 3. The van der Waals surface area contributed by atoms with Gasteiger partial charge in [-0.25, -0.2) is 9.78 Å². The Hall–Kier alpha value is -1.35. The van der Waals surface area contributed by atoms with Crippen molar-refractivity contribution in [1.82, 2.24) is 15.2 Å². The third-order valence-corrected chi connectivity index (χ3v) is 4.98. The predicted molar refractivity (Wildman–Crippen MR) is 73.6 cm³/mol. The van der Waals surface area contributed by atoms with E-state index in [0.717, 1.165) is 24.2 Å². The molecular weight excluding hydrogens is 319 g/mol. The molecule has 3 heterocycles. The summed E-state index contributed by atoms with van der Waals surface area (Å²) in [5, 5.41) is 3.51. The number of carbonyl (C=O) groups excluding carboxylic acids is 1. The maximum Gasteiger partial charge on any atom is 0.415 e. The van der Waals surface area contributed by atoms with Gasteiger partial charge < -0.3 is 15.0 Å². The summed E-state index contributed by atoms with van der Waals surface area (Å²) in [6.07, 6.45) is -3.04. The lowest BCUT2D eigenvalue weighted by Crippen LogP contribution is -2.54. The van der Waals surface area contributed by atoms with E-state index in [1.54, 1.807) is 12.3 Å². The first-order valence-corrected chi connectivity index (χ1v) is 7.89. The number of alkyl halides is 3. The Morgan fingerprint density at radius 1 is 1.45 bits per heavy atom. The monoisotopic (exact) mass is 335 g/mol. The fourth-order valence-corrected chi connectivity index (χ4v) is 3.82. The molecule has 2 aliphatic rings. The first-order valence-electron chi connectivity index (χ1n) is 7.01. The van der Waals surface area contributed by atoms with Gasteiger partial charge in [-0.1, -0.05) is 0 Å². The molecule has 2 saturated heterocycles. The van der Waals surface area contributed by atoms with Crippen LogP contribution in [0.3, 0.4) is 0 Å². The molecule has 0 aliphatic carbocycles. The van der Waals surface area contributed by atoms with E-state index in [1.165, 1.54) is 4.90 Å². The second kappa shape index (κ2) is 5.69. The highest BCUT2D eigenvalue weighted by Gasteiger charge is 2.47. The molecule has 3 rings (SSSR count). The molecule has 1 aromatic heterocycles. The number of aromatic nitrogens is 1. The molecule has 122 valence electrons. The molecule has 0 spiro atoms. The Balaban J connectivity index is 1.77. The number of morpholine rings is 1. The number of urea groups is 1. The maximum atomic E-state index is 13.3. The molecule has 2 fully saturated rings. The average Bonchev–Trinajstić information content (AvgIpc) is 2.96. The molecule has 2 bridgehead atoms. The van der Waals surface area contributed by atoms with Gasteiger partial charge in [0.2, 0.25) is 0 Å². The zero-order valence-corrected chi connectivity index (χ0v) is 12.7. The summed E-state index contributed by atoms with van der Waals surface area (Å²) in [4.78, 5) is 17.7. The zero-order chi connectivity index (χ0) is 15.9. The van der Waals surface area contributed by atoms with E-state index in [2.05, 4.69) is 10.3 Å². The van der Waals surface area contributed by atoms with Gasteiger partial charge in [0, 0.05) is 11.1 Å². The van der Waals surface area contributed by atoms with E-state index in [1.807, 2.05) is 0 Å². The van der Waals surface area contributed by atoms with E-state index in [9.17, 15) is 18.0 Å². The highest BCUT2D eigenvalue weighted by molar-refractivity contribution is 7.09. The summed E-state index contributed by atoms with van der Waals surface area (Å²) >= 11 is 0.901. The van der Waals surface area contributed by atoms with Gasteiger partial charge in [0.15, 0.2) is 6.04 Å². The highest BCUT2D eigenvalue weighted by atomic mass is 32.1. The number of aryl methyl sites for hydroxylation is 1. The largest absolute Gasteiger partial charge is 0.415 e. The van der Waals surface area contributed by atoms with Crippen LogP contribution in [-0.2, 0) is 4.74 Å². The van der Waals surface area contributed by atoms with Crippen LogP contribution in [0.4, 0.5) is 18.0 Å². The van der Waals surface area contributed by atoms with Crippen molar-refractivity contribution in [3.63, 3.8) is 0 Å². The van der Waals surface area contributed by atoms with E-state index in [4.69, 9.17) is 4.74 Å². The topological polar surface area (TPSA) is 54.5 Å². The Morgan fingerprint density at radius 3 is 2.59 bits per heavy atom. The van der Waals surface area contributed by atoms with Crippen LogP contribution >= 0.6 is 11.3 Å². The molecule has 9 heteroatoms. The van der Waals surface area contributed by atoms with Crippen molar-refractivity contribution in [2.75, 3.05) is 13.2 Å². The number of ether oxygens (including phenoxy) is 1. The molecule has 0 saturated carbocycles. The van der Waals surface area contributed by atoms with E-state index < -0.39 is 18.2 Å². The molecule has 1 N–H and O–H groups in total. The highest BCUT2D eigenvalue weighted by Crippen LogP contribution is 2.35. The van der Waals surface area contributed by atoms with Crippen molar-refractivity contribution < 1.29 is 22.7 Å². The van der Waals surface area contributed by atoms with Crippen molar-refractivity contribution in [2.45, 2.75) is 44.1 Å². The van der Waals surface area contributed by atoms with Crippen LogP contribution in [0.1, 0.15) is 29.6 Å². The van der Waals surface area contributed by atoms with Crippen LogP contribution in [0.15, 0.2) is 5.38 Å². The number of amides is 2. The number of thiazole rings is 1. The predicted octanol–water partition coefficient (Wildman–Crippen LogP) is 2.63. The van der Waals surface area contributed by atoms with Crippen LogP contribution in [-0.4, -0.2) is 47.4 Å². The Labute approximate surface area is 129 Å². The van der Waals surface area contributed by atoms with Gasteiger partial charge in [0.1, 0.15) is 5.01 Å². The summed E-state index contributed by atoms with van der Waals surface area (Å²) in [6.45, 7) is 2.39. The lowest BCUT2D eigenvalue weighted by Gasteiger charge is -2.35. The van der Waals surface area contributed by atoms with Gasteiger partial charge in [-0.2, -0.15) is 13.2 Å². The Bertz CT molecular complexity index is 547. The summed E-state index contributed by atoms with van der Waals surface area (Å²) in [5.41, 5.74) is 0.509. The summed E-state index contributed by atoms with van der Waals surface area (Å²) in [5.74, 6) is 0. The van der Waals surface area contributed by atoms with Crippen LogP contribution in [0.25, 0.3) is 0 Å². The minimum atomic E-state index is -4.58. The molecular formula is C13H16F3N3O2S. The molecule has 5 nitrogen and oxygen atoms in total. The van der Waals surface area contributed by atoms with Gasteiger partial charge >= 0.3 is 12.2 Å². The second-order valence-corrected chi connectivity index (χ2v) is 6.47. The summed E-state index contributed by atoms with van der Waals surface area (Å²) in [6, 6.07) is -3.02. The maximum absolute atomic E-state index is 13.3. The molecule has 3 unspecified atom stereocenters. The van der Waals surface area contributed by atoms with Crippen molar-refractivity contribution in [3.05, 3.63) is 16.1 Å². The van der Waals surface area contributed by atoms with Gasteiger partial charge in [0.05, 0.1) is 25.3 Å². The minimum absolute atomic E-state index is 0.134. The van der Waals surface area contributed by atoms with Crippen LogP contribution in [0.5, 0.6) is 0 Å². The number of rotatable bonds is 2. The van der Waals surface area contributed by atoms with E-state index >= 15 is 0 Å². The van der Waals surface area contributed by atoms with Gasteiger partial charge in [-0.3, -0.25) is 0 Å². The average molecular weight is 335 g/mol. The van der Waals surface area contributed by atoms with Gasteiger partial charge in [-0.05, 0) is 19.8 Å². The number of hydrogen-bond donors (Lipinski definition) is 1. The molecule has 3 atom stereocenters. The summed E-state index contributed by atoms with van der Waals surface area (Å²) in [7, 11) is 0. The van der Waals surface area contributed by atoms with Crippen LogP contribution < -0.4 is 5.32 Å². The fraction of sp³-hybridized carbons (Fsp3) is 0.692. The molecule has 22 heavy (non-hydrogen) atoms. The Kier molecular flexibility index (Phi) is 4.02. The smallest absolute Gasteiger partial charge is 0.377 e. The molecule has 0 radical (unpaired) electrons. The van der Waals surface area contributed by atoms with Gasteiger partial charge in [-0.15, -0.1) is 11.3 Å². The third-order valence-electron chi connectivity index (χ3n) is 3.95. The van der Waals surface area contributed by atoms with Crippen molar-refractivity contribution in [2.24, 2.45) is 0 Å². The first-order chi connectivity index (χ1) is 10.4. The SMILES string of the molecule is Cc1csc(C(NC(=O)N2C3CCC2COC3)C(F)(F)F)n1. The van der Waals surface area contributed by atoms with E-state index in [-0.39, 0.29) is 17.1 Å². The normalized spacial score (nSPS) is 26.1. The Morgan fingerprint density at radius 2 is 2.09 bits per heavy atom. The number of hydrogen-bond acceptors (Lipinski definition) is 4. The second-order valence-electron chi connectivity index (χ2n) is 5.58. The molecule has 0 aromatic carbocycles. The number of nitrogens with one attached hydrogen (secondary N) is 1. The van der Waals surface area contributed by atoms with Crippen molar-refractivity contribution >= 4 is 17.4 Å². The number of nitrogens with zero attached hydrogens (tertiary/aromatic N) is 2. The number of carbonyl (C=O) groups is 1. The zero-order valence-electron chi connectivity index (χ0n) is 11.9. The number of fused-ring (bicyclic) bond motifs is 2. The van der Waals surface area contributed by atoms with E-state index in [0.29, 0.717) is 18.9 Å². The van der Waals surface area contributed by atoms with Crippen LogP contribution in [0, 0.1) is 6.92 Å². The first kappa shape index (κ1) is 15.5. The fourth-order valence-electron chi connectivity index (χ4n) is 2.95. The lowest BCUT2D eigenvalue weighted by atomic mass is 10.2. The van der Waals surface area contributed by atoms with Gasteiger partial charge in [0.25, 0.3) is 0 Å². The summed E-state index contributed by atoms with van der Waals surface area (Å²) < 4.78 is 45.1. The van der Waals surface area contributed by atoms with Crippen molar-refractivity contribution in [1.29, 1.82) is 0 Å². The minimum Gasteiger partial charge on any atom is -0.377 e. The molecule has 2 aliphatic heterocycles. The van der Waals surface area contributed by atoms with Crippen molar-refractivity contribution in [3.8, 4) is 0 Å². The quantitative estimate of drug-likeness (QED) is 0.904. The van der Waals surface area contributed by atoms with Crippen LogP contribution in [0.2, 0.25) is 0 Å². The standard InChI is InChI=1S/C13H16F3N3O2S/c1-7-6-22-11(17-7)10(13(14,15)16)18-12(20)19-8-2-3-9(19)5-21-4-8/h6,8-10H,2-5H2,1H3,(H,18,20). The molecule has 2 amide bonds. The molecule has 1 aromatic rings. The third kappa shape index (κ3) is 2.91.